The molecule has 0 radical (unpaired) electrons. The topological polar surface area (TPSA) is 26.3 Å². The van der Waals surface area contributed by atoms with E-state index >= 15 is 0 Å². The van der Waals surface area contributed by atoms with Crippen molar-refractivity contribution in [1.29, 1.82) is 0 Å². The number of methoxy groups -OCH3 is 1. The summed E-state index contributed by atoms with van der Waals surface area (Å²) >= 11 is 5.98. The first-order chi connectivity index (χ1) is 9.66. The maximum atomic E-state index is 11.2. The molecule has 1 saturated carbocycles. The molecule has 0 unspecified atom stereocenters. The van der Waals surface area contributed by atoms with Crippen LogP contribution in [0.5, 0.6) is 0 Å². The first-order valence-electron chi connectivity index (χ1n) is 7.17. The minimum atomic E-state index is -0.191. The van der Waals surface area contributed by atoms with Gasteiger partial charge in [-0.1, -0.05) is 55.1 Å². The molecule has 0 aliphatic heterocycles. The lowest BCUT2D eigenvalue weighted by molar-refractivity contribution is -0.139. The maximum absolute atomic E-state index is 11.2. The summed E-state index contributed by atoms with van der Waals surface area (Å²) in [7, 11) is 1.42. The van der Waals surface area contributed by atoms with Gasteiger partial charge in [-0.05, 0) is 30.5 Å². The Morgan fingerprint density at radius 2 is 1.90 bits per heavy atom. The van der Waals surface area contributed by atoms with Crippen molar-refractivity contribution < 1.29 is 9.53 Å². The van der Waals surface area contributed by atoms with Crippen molar-refractivity contribution in [3.8, 4) is 0 Å². The van der Waals surface area contributed by atoms with E-state index in [1.165, 1.54) is 31.9 Å². The van der Waals surface area contributed by atoms with Crippen LogP contribution in [0.2, 0.25) is 5.02 Å². The van der Waals surface area contributed by atoms with Gasteiger partial charge in [-0.3, -0.25) is 4.79 Å². The zero-order chi connectivity index (χ0) is 14.4. The SMILES string of the molecule is COC(=O)C/C=C/C1(c2ccc(Cl)cc2)CCCCC1. The highest BCUT2D eigenvalue weighted by atomic mass is 35.5. The average Bonchev–Trinajstić information content (AvgIpc) is 2.48. The minimum Gasteiger partial charge on any atom is -0.469 e. The highest BCUT2D eigenvalue weighted by Crippen LogP contribution is 2.41. The monoisotopic (exact) mass is 292 g/mol. The predicted molar refractivity (Wildman–Crippen MR) is 82.0 cm³/mol. The molecule has 0 bridgehead atoms. The summed E-state index contributed by atoms with van der Waals surface area (Å²) in [4.78, 5) is 11.2. The van der Waals surface area contributed by atoms with Gasteiger partial charge < -0.3 is 4.74 Å². The predicted octanol–water partition coefficient (Wildman–Crippen LogP) is 4.66. The highest BCUT2D eigenvalue weighted by Gasteiger charge is 2.31. The van der Waals surface area contributed by atoms with E-state index in [2.05, 4.69) is 22.9 Å². The molecule has 0 saturated heterocycles. The quantitative estimate of drug-likeness (QED) is 0.596. The Bertz CT molecular complexity index is 470. The van der Waals surface area contributed by atoms with E-state index in [9.17, 15) is 4.79 Å². The van der Waals surface area contributed by atoms with Crippen molar-refractivity contribution in [3.05, 3.63) is 47.0 Å². The summed E-state index contributed by atoms with van der Waals surface area (Å²) < 4.78 is 4.69. The van der Waals surface area contributed by atoms with Gasteiger partial charge in [0, 0.05) is 10.4 Å². The van der Waals surface area contributed by atoms with E-state index in [-0.39, 0.29) is 11.4 Å². The van der Waals surface area contributed by atoms with E-state index in [0.717, 1.165) is 17.9 Å². The summed E-state index contributed by atoms with van der Waals surface area (Å²) in [5.74, 6) is -0.191. The van der Waals surface area contributed by atoms with Crippen LogP contribution in [0, 0.1) is 0 Å². The number of benzene rings is 1. The normalized spacial score (nSPS) is 18.1. The molecule has 20 heavy (non-hydrogen) atoms. The van der Waals surface area contributed by atoms with Crippen molar-refractivity contribution in [1.82, 2.24) is 0 Å². The number of ether oxygens (including phenoxy) is 1. The van der Waals surface area contributed by atoms with Gasteiger partial charge >= 0.3 is 5.97 Å². The molecule has 1 fully saturated rings. The number of esters is 1. The molecule has 0 aromatic heterocycles. The molecule has 108 valence electrons. The summed E-state index contributed by atoms with van der Waals surface area (Å²) in [6.45, 7) is 0. The average molecular weight is 293 g/mol. The fourth-order valence-electron chi connectivity index (χ4n) is 2.98. The summed E-state index contributed by atoms with van der Waals surface area (Å²) in [6, 6.07) is 8.11. The van der Waals surface area contributed by atoms with Gasteiger partial charge in [-0.25, -0.2) is 0 Å². The molecule has 0 heterocycles. The number of hydrogen-bond donors (Lipinski definition) is 0. The molecular weight excluding hydrogens is 272 g/mol. The van der Waals surface area contributed by atoms with Crippen LogP contribution >= 0.6 is 11.6 Å². The Morgan fingerprint density at radius 3 is 2.50 bits per heavy atom. The van der Waals surface area contributed by atoms with Gasteiger partial charge in [-0.15, -0.1) is 0 Å². The van der Waals surface area contributed by atoms with Gasteiger partial charge in [0.1, 0.15) is 0 Å². The van der Waals surface area contributed by atoms with Crippen molar-refractivity contribution in [2.24, 2.45) is 0 Å². The van der Waals surface area contributed by atoms with Crippen LogP contribution in [0.15, 0.2) is 36.4 Å². The zero-order valence-corrected chi connectivity index (χ0v) is 12.7. The summed E-state index contributed by atoms with van der Waals surface area (Å²) in [5, 5.41) is 0.762. The molecule has 1 aliphatic rings. The Balaban J connectivity index is 2.21. The number of halogens is 1. The number of allylic oxidation sites excluding steroid dienone is 1. The maximum Gasteiger partial charge on any atom is 0.309 e. The van der Waals surface area contributed by atoms with Crippen LogP contribution in [0.1, 0.15) is 44.1 Å². The molecular formula is C17H21ClO2. The molecule has 0 N–H and O–H groups in total. The third-order valence-electron chi connectivity index (χ3n) is 4.11. The van der Waals surface area contributed by atoms with E-state index in [1.54, 1.807) is 0 Å². The van der Waals surface area contributed by atoms with Gasteiger partial charge in [0.25, 0.3) is 0 Å². The van der Waals surface area contributed by atoms with Crippen LogP contribution in [0.25, 0.3) is 0 Å². The Kier molecular flexibility index (Phi) is 5.24. The van der Waals surface area contributed by atoms with Crippen LogP contribution in [0.3, 0.4) is 0 Å². The van der Waals surface area contributed by atoms with Crippen molar-refractivity contribution >= 4 is 17.6 Å². The van der Waals surface area contributed by atoms with Crippen LogP contribution < -0.4 is 0 Å². The lowest BCUT2D eigenvalue weighted by Crippen LogP contribution is -2.26. The largest absolute Gasteiger partial charge is 0.469 e. The molecule has 0 atom stereocenters. The first kappa shape index (κ1) is 15.1. The second-order valence-electron chi connectivity index (χ2n) is 5.41. The van der Waals surface area contributed by atoms with Gasteiger partial charge in [0.2, 0.25) is 0 Å². The number of carbonyl (C=O) groups excluding carboxylic acids is 1. The van der Waals surface area contributed by atoms with Crippen molar-refractivity contribution in [3.63, 3.8) is 0 Å². The van der Waals surface area contributed by atoms with Gasteiger partial charge in [-0.2, -0.15) is 0 Å². The van der Waals surface area contributed by atoms with Crippen LogP contribution in [0.4, 0.5) is 0 Å². The Labute approximate surface area is 125 Å². The second kappa shape index (κ2) is 6.94. The van der Waals surface area contributed by atoms with Crippen LogP contribution in [-0.2, 0) is 14.9 Å². The Hall–Kier alpha value is -1.28. The molecule has 2 rings (SSSR count). The third kappa shape index (κ3) is 3.63. The van der Waals surface area contributed by atoms with E-state index in [1.807, 2.05) is 18.2 Å². The minimum absolute atomic E-state index is 0.0524. The van der Waals surface area contributed by atoms with E-state index in [0.29, 0.717) is 6.42 Å². The standard InChI is InChI=1S/C17H21ClO2/c1-20-16(19)6-5-13-17(11-3-2-4-12-17)14-7-9-15(18)10-8-14/h5,7-10,13H,2-4,6,11-12H2,1H3/b13-5+. The van der Waals surface area contributed by atoms with Gasteiger partial charge in [0.15, 0.2) is 0 Å². The third-order valence-corrected chi connectivity index (χ3v) is 4.37. The van der Waals surface area contributed by atoms with Crippen LogP contribution in [-0.4, -0.2) is 13.1 Å². The smallest absolute Gasteiger partial charge is 0.309 e. The zero-order valence-electron chi connectivity index (χ0n) is 11.9. The van der Waals surface area contributed by atoms with Gasteiger partial charge in [0.05, 0.1) is 13.5 Å². The van der Waals surface area contributed by atoms with E-state index in [4.69, 9.17) is 11.6 Å². The summed E-state index contributed by atoms with van der Waals surface area (Å²) in [5.41, 5.74) is 1.35. The number of carbonyl (C=O) groups is 1. The highest BCUT2D eigenvalue weighted by molar-refractivity contribution is 6.30. The van der Waals surface area contributed by atoms with E-state index < -0.39 is 0 Å². The Morgan fingerprint density at radius 1 is 1.25 bits per heavy atom. The second-order valence-corrected chi connectivity index (χ2v) is 5.84. The number of hydrogen-bond acceptors (Lipinski definition) is 2. The molecule has 3 heteroatoms. The molecule has 2 nitrogen and oxygen atoms in total. The molecule has 1 aromatic carbocycles. The number of rotatable bonds is 4. The lowest BCUT2D eigenvalue weighted by Gasteiger charge is -2.35. The fraction of sp³-hybridized carbons (Fsp3) is 0.471. The summed E-state index contributed by atoms with van der Waals surface area (Å²) in [6.07, 6.45) is 10.5. The fourth-order valence-corrected chi connectivity index (χ4v) is 3.11. The molecule has 1 aliphatic carbocycles. The molecule has 0 amide bonds. The molecule has 1 aromatic rings. The van der Waals surface area contributed by atoms with Crippen molar-refractivity contribution in [2.75, 3.05) is 7.11 Å². The van der Waals surface area contributed by atoms with Crippen molar-refractivity contribution in [2.45, 2.75) is 43.9 Å². The first-order valence-corrected chi connectivity index (χ1v) is 7.55. The lowest BCUT2D eigenvalue weighted by atomic mass is 9.69. The molecule has 0 spiro atoms.